The molecule has 12 aromatic rings. The van der Waals surface area contributed by atoms with E-state index in [9.17, 15) is 0 Å². The molecule has 1 aliphatic heterocycles. The molecule has 0 saturated carbocycles. The van der Waals surface area contributed by atoms with Gasteiger partial charge in [-0.05, 0) is 115 Å². The first kappa shape index (κ1) is 40.7. The molecule has 0 radical (unpaired) electrons. The Bertz CT molecular complexity index is 4020. The van der Waals surface area contributed by atoms with Crippen LogP contribution in [0.25, 0.3) is 106 Å². The van der Waals surface area contributed by atoms with Crippen molar-refractivity contribution in [2.75, 3.05) is 5.32 Å². The van der Waals surface area contributed by atoms with Crippen molar-refractivity contribution in [3.8, 4) is 56.5 Å². The number of hydrogen-bond acceptors (Lipinski definition) is 4. The van der Waals surface area contributed by atoms with Crippen LogP contribution in [0.5, 0.6) is 0 Å². The van der Waals surface area contributed by atoms with E-state index in [-0.39, 0.29) is 20.7 Å². The fourth-order valence-electron chi connectivity index (χ4n) is 9.71. The number of fused-ring (bicyclic) bond motifs is 6. The summed E-state index contributed by atoms with van der Waals surface area (Å²) in [6.45, 7) is 0. The van der Waals surface area contributed by atoms with Gasteiger partial charge < -0.3 is 9.88 Å². The molecule has 6 nitrogen and oxygen atoms in total. The maximum Gasteiger partial charge on any atom is 0.235 e. The third kappa shape index (κ3) is 7.44. The molecular weight excluding hydrogens is 956 g/mol. The number of pyridine rings is 1. The van der Waals surface area contributed by atoms with Crippen molar-refractivity contribution in [2.45, 2.75) is 0 Å². The van der Waals surface area contributed by atoms with Crippen LogP contribution in [-0.4, -0.2) is 28.1 Å². The molecule has 69 heavy (non-hydrogen) atoms. The molecular formula is C62H41IN6. The van der Waals surface area contributed by atoms with E-state index < -0.39 is 0 Å². The second-order valence-electron chi connectivity index (χ2n) is 17.2. The highest BCUT2D eigenvalue weighted by Gasteiger charge is 2.22. The molecule has 8 aromatic carbocycles. The van der Waals surface area contributed by atoms with E-state index in [1.807, 2.05) is 12.1 Å². The number of rotatable bonds is 9. The molecule has 13 rings (SSSR count). The third-order valence-corrected chi connectivity index (χ3v) is 14.8. The Morgan fingerprint density at radius 1 is 0.464 bits per heavy atom. The van der Waals surface area contributed by atoms with Gasteiger partial charge in [-0.1, -0.05) is 166 Å². The van der Waals surface area contributed by atoms with E-state index in [1.165, 1.54) is 5.57 Å². The van der Waals surface area contributed by atoms with Gasteiger partial charge in [0, 0.05) is 55.9 Å². The number of halogens is 1. The highest BCUT2D eigenvalue weighted by Crippen LogP contribution is 2.42. The Balaban J connectivity index is 1.05. The number of allylic oxidation sites excluding steroid dienone is 3. The molecule has 0 unspecified atom stereocenters. The van der Waals surface area contributed by atoms with Crippen molar-refractivity contribution in [1.29, 1.82) is 0 Å². The van der Waals surface area contributed by atoms with Crippen LogP contribution < -0.4 is 5.32 Å². The fourth-order valence-corrected chi connectivity index (χ4v) is 11.3. The Morgan fingerprint density at radius 3 is 1.96 bits per heavy atom. The summed E-state index contributed by atoms with van der Waals surface area (Å²) >= 11 is -0.174. The Kier molecular flexibility index (Phi) is 10.2. The SMILES string of the molecule is C1=CI=CC(c2cc(-c3ccccc3)nc(-c3nc(-n4c5ccc(-c6ccc(Nc7ccccc7)c(-c7ccccc7)c6)cc5c5ccc6c(ccn6-c6ccccc6)c54)nc4ccccc34)c2)=C1. The van der Waals surface area contributed by atoms with Crippen LogP contribution in [0.4, 0.5) is 11.4 Å². The number of para-hydroxylation sites is 3. The summed E-state index contributed by atoms with van der Waals surface area (Å²) in [5.74, 6) is 0.588. The van der Waals surface area contributed by atoms with Gasteiger partial charge in [-0.2, -0.15) is 0 Å². The maximum atomic E-state index is 5.62. The van der Waals surface area contributed by atoms with Gasteiger partial charge in [0.05, 0.1) is 33.5 Å². The smallest absolute Gasteiger partial charge is 0.235 e. The van der Waals surface area contributed by atoms with Crippen molar-refractivity contribution in [1.82, 2.24) is 24.1 Å². The first-order valence-electron chi connectivity index (χ1n) is 23.0. The van der Waals surface area contributed by atoms with E-state index in [1.54, 1.807) is 0 Å². The molecule has 1 aliphatic rings. The normalized spacial score (nSPS) is 12.4. The lowest BCUT2D eigenvalue weighted by Crippen LogP contribution is -2.05. The fraction of sp³-hybridized carbons (Fsp3) is 0. The van der Waals surface area contributed by atoms with Crippen molar-refractivity contribution >= 4 is 85.3 Å². The molecule has 5 heterocycles. The molecule has 0 saturated heterocycles. The van der Waals surface area contributed by atoms with Crippen molar-refractivity contribution < 1.29 is 0 Å². The minimum absolute atomic E-state index is 0.174. The predicted molar refractivity (Wildman–Crippen MR) is 297 cm³/mol. The number of nitrogens with one attached hydrogen (secondary N) is 1. The van der Waals surface area contributed by atoms with Gasteiger partial charge >= 0.3 is 0 Å². The maximum absolute atomic E-state index is 5.62. The van der Waals surface area contributed by atoms with Gasteiger partial charge in [-0.15, -0.1) is 0 Å². The summed E-state index contributed by atoms with van der Waals surface area (Å²) in [5.41, 5.74) is 17.6. The Labute approximate surface area is 409 Å². The van der Waals surface area contributed by atoms with Crippen LogP contribution in [0.15, 0.2) is 235 Å². The van der Waals surface area contributed by atoms with Crippen LogP contribution in [0.2, 0.25) is 0 Å². The quantitative estimate of drug-likeness (QED) is 0.146. The molecule has 326 valence electrons. The lowest BCUT2D eigenvalue weighted by molar-refractivity contribution is 1.01. The minimum atomic E-state index is -0.174. The summed E-state index contributed by atoms with van der Waals surface area (Å²) in [4.78, 5) is 16.4. The van der Waals surface area contributed by atoms with Crippen LogP contribution in [-0.2, 0) is 0 Å². The van der Waals surface area contributed by atoms with E-state index >= 15 is 0 Å². The van der Waals surface area contributed by atoms with Gasteiger partial charge in [0.25, 0.3) is 0 Å². The zero-order valence-corrected chi connectivity index (χ0v) is 39.4. The van der Waals surface area contributed by atoms with Crippen LogP contribution in [0.3, 0.4) is 0 Å². The molecule has 0 fully saturated rings. The number of hydrogen-bond donors (Lipinski definition) is 1. The number of nitrogens with zero attached hydrogens (tertiary/aromatic N) is 5. The molecule has 1 N–H and O–H groups in total. The predicted octanol–water partition coefficient (Wildman–Crippen LogP) is 16.2. The molecule has 0 amide bonds. The first-order valence-corrected chi connectivity index (χ1v) is 25.5. The first-order chi connectivity index (χ1) is 34.2. The van der Waals surface area contributed by atoms with Crippen LogP contribution in [0.1, 0.15) is 5.56 Å². The monoisotopic (exact) mass is 996 g/mol. The second kappa shape index (κ2) is 17.3. The summed E-state index contributed by atoms with van der Waals surface area (Å²) < 4.78 is 9.21. The Morgan fingerprint density at radius 2 is 1.16 bits per heavy atom. The van der Waals surface area contributed by atoms with E-state index in [4.69, 9.17) is 15.0 Å². The van der Waals surface area contributed by atoms with Gasteiger partial charge in [-0.25, -0.2) is 15.0 Å². The molecule has 0 bridgehead atoms. The third-order valence-electron chi connectivity index (χ3n) is 13.0. The van der Waals surface area contributed by atoms with Crippen LogP contribution >= 0.6 is 20.7 Å². The Hall–Kier alpha value is -8.53. The van der Waals surface area contributed by atoms with Crippen LogP contribution in [0, 0.1) is 0 Å². The molecule has 0 atom stereocenters. The summed E-state index contributed by atoms with van der Waals surface area (Å²) in [6.07, 6.45) is 6.56. The average molecular weight is 997 g/mol. The lowest BCUT2D eigenvalue weighted by Gasteiger charge is -2.15. The van der Waals surface area contributed by atoms with Gasteiger partial charge in [0.1, 0.15) is 5.69 Å². The molecule has 0 aliphatic carbocycles. The summed E-state index contributed by atoms with van der Waals surface area (Å²) in [7, 11) is 0. The molecule has 4 aromatic heterocycles. The van der Waals surface area contributed by atoms with E-state index in [2.05, 4.69) is 241 Å². The number of anilines is 2. The molecule has 0 spiro atoms. The highest BCUT2D eigenvalue weighted by molar-refractivity contribution is 14.2. The summed E-state index contributed by atoms with van der Waals surface area (Å²) in [6, 6.07) is 75.0. The van der Waals surface area contributed by atoms with Gasteiger partial charge in [0.2, 0.25) is 5.95 Å². The zero-order chi connectivity index (χ0) is 45.7. The number of aromatic nitrogens is 5. The van der Waals surface area contributed by atoms with Crippen molar-refractivity contribution in [3.63, 3.8) is 0 Å². The molecule has 7 heteroatoms. The summed E-state index contributed by atoms with van der Waals surface area (Å²) in [5, 5.41) is 7.98. The second-order valence-corrected chi connectivity index (χ2v) is 19.2. The highest BCUT2D eigenvalue weighted by atomic mass is 127. The van der Waals surface area contributed by atoms with Gasteiger partial charge in [0.15, 0.2) is 0 Å². The topological polar surface area (TPSA) is 60.6 Å². The standard InChI is InChI=1S/C62H41IN6/c1-5-16-41(17-6-1)52-36-43(27-30-55(52)64-47-21-9-3-10-22-47)44-28-31-59-53(37-44)49-29-32-58-51(33-35-68(58)48-23-11-4-12-24-48)61(49)69(59)62-66-54-26-14-13-25-50(54)60(67-62)57-39-46(45-20-15-34-63-40-45)38-56(65-57)42-18-7-2-8-19-42/h1-40,64H. The zero-order valence-electron chi connectivity index (χ0n) is 37.2. The van der Waals surface area contributed by atoms with Crippen molar-refractivity contribution in [3.05, 3.63) is 240 Å². The van der Waals surface area contributed by atoms with E-state index in [0.717, 1.165) is 111 Å². The van der Waals surface area contributed by atoms with E-state index in [0.29, 0.717) is 5.95 Å². The average Bonchev–Trinajstić information content (AvgIpc) is 4.01. The van der Waals surface area contributed by atoms with Gasteiger partial charge in [-0.3, -0.25) is 4.57 Å². The largest absolute Gasteiger partial charge is 0.355 e. The van der Waals surface area contributed by atoms with Crippen molar-refractivity contribution in [2.24, 2.45) is 0 Å². The minimum Gasteiger partial charge on any atom is -0.355 e. The lowest BCUT2D eigenvalue weighted by atomic mass is 9.96. The number of benzene rings is 8.